The number of piperidine rings is 1. The van der Waals surface area contributed by atoms with Crippen molar-refractivity contribution >= 4 is 0 Å². The predicted molar refractivity (Wildman–Crippen MR) is 54.9 cm³/mol. The number of aliphatic hydroxyl groups excluding tert-OH is 1. The summed E-state index contributed by atoms with van der Waals surface area (Å²) in [5, 5.41) is 8.81. The van der Waals surface area contributed by atoms with Gasteiger partial charge < -0.3 is 14.9 Å². The molecule has 1 aliphatic heterocycles. The zero-order chi connectivity index (χ0) is 9.68. The van der Waals surface area contributed by atoms with E-state index < -0.39 is 0 Å². The Bertz CT molecular complexity index is 133. The first-order valence-corrected chi connectivity index (χ1v) is 5.31. The van der Waals surface area contributed by atoms with E-state index in [0.717, 1.165) is 6.54 Å². The Morgan fingerprint density at radius 3 is 2.46 bits per heavy atom. The quantitative estimate of drug-likeness (QED) is 0.688. The van der Waals surface area contributed by atoms with Gasteiger partial charge in [0.15, 0.2) is 0 Å². The van der Waals surface area contributed by atoms with Gasteiger partial charge >= 0.3 is 0 Å². The van der Waals surface area contributed by atoms with E-state index in [2.05, 4.69) is 23.8 Å². The number of rotatable bonds is 4. The van der Waals surface area contributed by atoms with Crippen LogP contribution in [0.15, 0.2) is 0 Å². The molecule has 1 fully saturated rings. The first-order chi connectivity index (χ1) is 6.27. The average molecular weight is 186 g/mol. The number of hydrogen-bond acceptors (Lipinski definition) is 3. The van der Waals surface area contributed by atoms with Crippen LogP contribution in [0.3, 0.4) is 0 Å². The second-order valence-corrected chi connectivity index (χ2v) is 3.87. The smallest absolute Gasteiger partial charge is 0.0558 e. The standard InChI is InChI=1S/C10H22N2O/c1-3-12-6-4-10(5-7-12)11(2)8-9-13/h10,13H,3-9H2,1-2H3. The van der Waals surface area contributed by atoms with Crippen molar-refractivity contribution in [3.8, 4) is 0 Å². The van der Waals surface area contributed by atoms with Crippen LogP contribution in [0.2, 0.25) is 0 Å². The molecule has 0 aromatic heterocycles. The summed E-state index contributed by atoms with van der Waals surface area (Å²) in [6, 6.07) is 0.690. The summed E-state index contributed by atoms with van der Waals surface area (Å²) in [7, 11) is 2.11. The Labute approximate surface area is 81.3 Å². The largest absolute Gasteiger partial charge is 0.395 e. The van der Waals surface area contributed by atoms with Gasteiger partial charge in [0.25, 0.3) is 0 Å². The van der Waals surface area contributed by atoms with Crippen molar-refractivity contribution in [2.75, 3.05) is 39.8 Å². The first kappa shape index (κ1) is 11.0. The topological polar surface area (TPSA) is 26.7 Å². The molecule has 0 radical (unpaired) electrons. The van der Waals surface area contributed by atoms with Gasteiger partial charge in [-0.3, -0.25) is 0 Å². The minimum Gasteiger partial charge on any atom is -0.395 e. The molecule has 0 amide bonds. The summed E-state index contributed by atoms with van der Waals surface area (Å²) in [5.74, 6) is 0. The van der Waals surface area contributed by atoms with Crippen molar-refractivity contribution in [3.63, 3.8) is 0 Å². The van der Waals surface area contributed by atoms with Crippen molar-refractivity contribution in [2.24, 2.45) is 0 Å². The Morgan fingerprint density at radius 1 is 1.38 bits per heavy atom. The van der Waals surface area contributed by atoms with Gasteiger partial charge in [-0.25, -0.2) is 0 Å². The molecule has 3 heteroatoms. The van der Waals surface area contributed by atoms with Crippen LogP contribution in [-0.2, 0) is 0 Å². The van der Waals surface area contributed by atoms with Crippen molar-refractivity contribution < 1.29 is 5.11 Å². The number of hydrogen-bond donors (Lipinski definition) is 1. The molecule has 1 rings (SSSR count). The predicted octanol–water partition coefficient (Wildman–Crippen LogP) is 0.395. The van der Waals surface area contributed by atoms with E-state index in [4.69, 9.17) is 5.11 Å². The highest BCUT2D eigenvalue weighted by molar-refractivity contribution is 4.77. The number of aliphatic hydroxyl groups is 1. The average Bonchev–Trinajstić information content (AvgIpc) is 2.18. The minimum absolute atomic E-state index is 0.282. The molecule has 0 bridgehead atoms. The first-order valence-electron chi connectivity index (χ1n) is 5.31. The zero-order valence-electron chi connectivity index (χ0n) is 8.87. The Kier molecular flexibility index (Phi) is 4.70. The third-order valence-electron chi connectivity index (χ3n) is 3.08. The van der Waals surface area contributed by atoms with Crippen molar-refractivity contribution in [1.29, 1.82) is 0 Å². The maximum Gasteiger partial charge on any atom is 0.0558 e. The molecule has 1 saturated heterocycles. The maximum atomic E-state index is 8.81. The highest BCUT2D eigenvalue weighted by Crippen LogP contribution is 2.14. The summed E-state index contributed by atoms with van der Waals surface area (Å²) in [6.45, 7) is 6.93. The van der Waals surface area contributed by atoms with Gasteiger partial charge in [0, 0.05) is 12.6 Å². The lowest BCUT2D eigenvalue weighted by molar-refractivity contribution is 0.114. The molecule has 0 spiro atoms. The van der Waals surface area contributed by atoms with Gasteiger partial charge in [-0.15, -0.1) is 0 Å². The highest BCUT2D eigenvalue weighted by Gasteiger charge is 2.20. The maximum absolute atomic E-state index is 8.81. The number of likely N-dealkylation sites (tertiary alicyclic amines) is 1. The molecule has 0 atom stereocenters. The van der Waals surface area contributed by atoms with Crippen LogP contribution in [0.25, 0.3) is 0 Å². The van der Waals surface area contributed by atoms with Crippen LogP contribution in [0.5, 0.6) is 0 Å². The molecule has 0 saturated carbocycles. The molecular weight excluding hydrogens is 164 g/mol. The molecule has 3 nitrogen and oxygen atoms in total. The van der Waals surface area contributed by atoms with Gasteiger partial charge in [-0.05, 0) is 39.5 Å². The molecule has 1 N–H and O–H groups in total. The fraction of sp³-hybridized carbons (Fsp3) is 1.00. The van der Waals surface area contributed by atoms with E-state index in [1.807, 2.05) is 0 Å². The molecule has 78 valence electrons. The molecular formula is C10H22N2O. The SMILES string of the molecule is CCN1CCC(N(C)CCO)CC1. The van der Waals surface area contributed by atoms with Crippen LogP contribution in [0.1, 0.15) is 19.8 Å². The molecule has 1 heterocycles. The highest BCUT2D eigenvalue weighted by atomic mass is 16.3. The molecule has 0 aromatic rings. The monoisotopic (exact) mass is 186 g/mol. The van der Waals surface area contributed by atoms with E-state index in [9.17, 15) is 0 Å². The van der Waals surface area contributed by atoms with Crippen LogP contribution in [-0.4, -0.2) is 60.8 Å². The second-order valence-electron chi connectivity index (χ2n) is 3.87. The summed E-state index contributed by atoms with van der Waals surface area (Å²) in [4.78, 5) is 4.77. The molecule has 1 aliphatic rings. The van der Waals surface area contributed by atoms with Gasteiger partial charge in [0.2, 0.25) is 0 Å². The van der Waals surface area contributed by atoms with Gasteiger partial charge in [0.05, 0.1) is 6.61 Å². The molecule has 0 aromatic carbocycles. The summed E-state index contributed by atoms with van der Waals surface area (Å²) < 4.78 is 0. The van der Waals surface area contributed by atoms with E-state index >= 15 is 0 Å². The van der Waals surface area contributed by atoms with Crippen molar-refractivity contribution in [3.05, 3.63) is 0 Å². The summed E-state index contributed by atoms with van der Waals surface area (Å²) in [6.07, 6.45) is 2.51. The van der Waals surface area contributed by atoms with Crippen LogP contribution in [0, 0.1) is 0 Å². The third-order valence-corrected chi connectivity index (χ3v) is 3.08. The molecule has 0 unspecified atom stereocenters. The zero-order valence-corrected chi connectivity index (χ0v) is 8.87. The van der Waals surface area contributed by atoms with E-state index in [0.29, 0.717) is 6.04 Å². The van der Waals surface area contributed by atoms with Crippen molar-refractivity contribution in [2.45, 2.75) is 25.8 Å². The Balaban J connectivity index is 2.23. The number of likely N-dealkylation sites (N-methyl/N-ethyl adjacent to an activating group) is 1. The van der Waals surface area contributed by atoms with Crippen molar-refractivity contribution in [1.82, 2.24) is 9.80 Å². The molecule has 13 heavy (non-hydrogen) atoms. The van der Waals surface area contributed by atoms with Gasteiger partial charge in [-0.2, -0.15) is 0 Å². The normalized spacial score (nSPS) is 21.2. The van der Waals surface area contributed by atoms with E-state index in [-0.39, 0.29) is 6.61 Å². The van der Waals surface area contributed by atoms with Crippen LogP contribution in [0.4, 0.5) is 0 Å². The van der Waals surface area contributed by atoms with E-state index in [1.165, 1.54) is 32.5 Å². The summed E-state index contributed by atoms with van der Waals surface area (Å²) in [5.41, 5.74) is 0. The van der Waals surface area contributed by atoms with Gasteiger partial charge in [0.1, 0.15) is 0 Å². The minimum atomic E-state index is 0.282. The second kappa shape index (κ2) is 5.58. The van der Waals surface area contributed by atoms with Crippen LogP contribution < -0.4 is 0 Å². The van der Waals surface area contributed by atoms with Crippen LogP contribution >= 0.6 is 0 Å². The fourth-order valence-corrected chi connectivity index (χ4v) is 2.02. The Morgan fingerprint density at radius 2 is 2.00 bits per heavy atom. The lowest BCUT2D eigenvalue weighted by atomic mass is 10.0. The fourth-order valence-electron chi connectivity index (χ4n) is 2.02. The lowest BCUT2D eigenvalue weighted by Gasteiger charge is -2.36. The van der Waals surface area contributed by atoms with Gasteiger partial charge in [-0.1, -0.05) is 6.92 Å². The molecule has 0 aliphatic carbocycles. The summed E-state index contributed by atoms with van der Waals surface area (Å²) >= 11 is 0. The third kappa shape index (κ3) is 3.25. The number of nitrogens with zero attached hydrogens (tertiary/aromatic N) is 2. The lowest BCUT2D eigenvalue weighted by Crippen LogP contribution is -2.44. The Hall–Kier alpha value is -0.120. The van der Waals surface area contributed by atoms with E-state index in [1.54, 1.807) is 0 Å².